The second-order valence-electron chi connectivity index (χ2n) is 5.66. The molecule has 0 bridgehead atoms. The summed E-state index contributed by atoms with van der Waals surface area (Å²) < 4.78 is 0. The predicted octanol–water partition coefficient (Wildman–Crippen LogP) is 3.76. The number of hydrogen-bond acceptors (Lipinski definition) is 5. The summed E-state index contributed by atoms with van der Waals surface area (Å²) in [6, 6.07) is 10.8. The third-order valence-electron chi connectivity index (χ3n) is 3.13. The van der Waals surface area contributed by atoms with E-state index in [4.69, 9.17) is 16.9 Å². The van der Waals surface area contributed by atoms with E-state index in [-0.39, 0.29) is 24.1 Å². The molecule has 1 N–H and O–H groups in total. The summed E-state index contributed by atoms with van der Waals surface area (Å²) in [7, 11) is 0. The van der Waals surface area contributed by atoms with Crippen LogP contribution >= 0.6 is 11.6 Å². The Morgan fingerprint density at radius 2 is 2.00 bits per heavy atom. The second kappa shape index (κ2) is 11.1. The van der Waals surface area contributed by atoms with E-state index < -0.39 is 0 Å². The molecule has 26 heavy (non-hydrogen) atoms. The zero-order valence-corrected chi connectivity index (χ0v) is 16.3. The minimum absolute atomic E-state index is 0.0570. The molecule has 0 aliphatic carbocycles. The first-order valence-electron chi connectivity index (χ1n) is 8.53. The van der Waals surface area contributed by atoms with Crippen molar-refractivity contribution < 1.29 is 4.79 Å². The number of carbonyl (C=O) groups excluding carboxylic acids is 1. The summed E-state index contributed by atoms with van der Waals surface area (Å²) in [5.74, 6) is 0.608. The maximum absolute atomic E-state index is 12.4. The lowest BCUT2D eigenvalue weighted by molar-refractivity contribution is -0.120. The van der Waals surface area contributed by atoms with Crippen molar-refractivity contribution in [3.63, 3.8) is 0 Å². The van der Waals surface area contributed by atoms with Crippen LogP contribution < -0.4 is 10.4 Å². The minimum Gasteiger partial charge on any atom is -0.273 e. The molecule has 1 aromatic heterocycles. The standard InChI is InChI=1S/C17H18ClN5O.C2H6/c1-12(2)11-23(16-7-8-20-15(10-19)21-16)22-17(24)9-13-5-3-4-6-14(13)18;1-2/h3-8,12H,9,11H2,1-2H3,(H,22,24);1-2H3. The summed E-state index contributed by atoms with van der Waals surface area (Å²) in [6.45, 7) is 8.61. The molecule has 0 fully saturated rings. The topological polar surface area (TPSA) is 81.9 Å². The number of hydrazine groups is 1. The normalized spacial score (nSPS) is 9.73. The van der Waals surface area contributed by atoms with Crippen molar-refractivity contribution in [1.29, 1.82) is 5.26 Å². The summed E-state index contributed by atoms with van der Waals surface area (Å²) in [5.41, 5.74) is 3.58. The molecule has 7 heteroatoms. The Labute approximate surface area is 159 Å². The van der Waals surface area contributed by atoms with Gasteiger partial charge in [0.25, 0.3) is 0 Å². The number of amides is 1. The molecule has 1 amide bonds. The number of nitrogens with zero attached hydrogens (tertiary/aromatic N) is 4. The molecule has 2 aromatic rings. The molecular formula is C19H24ClN5O. The molecule has 0 atom stereocenters. The average molecular weight is 374 g/mol. The fourth-order valence-electron chi connectivity index (χ4n) is 2.12. The highest BCUT2D eigenvalue weighted by molar-refractivity contribution is 6.31. The van der Waals surface area contributed by atoms with Crippen molar-refractivity contribution in [3.8, 4) is 6.07 Å². The van der Waals surface area contributed by atoms with Gasteiger partial charge in [0.05, 0.1) is 6.42 Å². The lowest BCUT2D eigenvalue weighted by Gasteiger charge is -2.26. The Balaban J connectivity index is 0.00000163. The van der Waals surface area contributed by atoms with Crippen LogP contribution in [0.4, 0.5) is 5.82 Å². The molecule has 1 heterocycles. The number of benzene rings is 1. The van der Waals surface area contributed by atoms with Gasteiger partial charge in [0.15, 0.2) is 5.82 Å². The van der Waals surface area contributed by atoms with Gasteiger partial charge < -0.3 is 0 Å². The molecule has 0 radical (unpaired) electrons. The number of hydrogen-bond donors (Lipinski definition) is 1. The summed E-state index contributed by atoms with van der Waals surface area (Å²) in [4.78, 5) is 20.3. The lowest BCUT2D eigenvalue weighted by atomic mass is 10.1. The number of aromatic nitrogens is 2. The van der Waals surface area contributed by atoms with Gasteiger partial charge >= 0.3 is 0 Å². The van der Waals surface area contributed by atoms with E-state index in [0.717, 1.165) is 5.56 Å². The van der Waals surface area contributed by atoms with Crippen LogP contribution in [-0.4, -0.2) is 22.4 Å². The molecular weight excluding hydrogens is 350 g/mol. The molecule has 6 nitrogen and oxygen atoms in total. The average Bonchev–Trinajstić information content (AvgIpc) is 2.64. The SMILES string of the molecule is CC.CC(C)CN(NC(=O)Cc1ccccc1Cl)c1ccnc(C#N)n1. The second-order valence-corrected chi connectivity index (χ2v) is 6.07. The maximum Gasteiger partial charge on any atom is 0.243 e. The number of halogens is 1. The summed E-state index contributed by atoms with van der Waals surface area (Å²) >= 11 is 6.10. The molecule has 0 aliphatic heterocycles. The van der Waals surface area contributed by atoms with Crippen LogP contribution in [0.1, 0.15) is 39.1 Å². The molecule has 1 aromatic carbocycles. The number of nitriles is 1. The van der Waals surface area contributed by atoms with Gasteiger partial charge in [-0.25, -0.2) is 4.98 Å². The van der Waals surface area contributed by atoms with Gasteiger partial charge in [-0.15, -0.1) is 0 Å². The highest BCUT2D eigenvalue weighted by Crippen LogP contribution is 2.16. The highest BCUT2D eigenvalue weighted by atomic mass is 35.5. The highest BCUT2D eigenvalue weighted by Gasteiger charge is 2.15. The van der Waals surface area contributed by atoms with E-state index in [1.807, 2.05) is 52.0 Å². The zero-order chi connectivity index (χ0) is 19.5. The Kier molecular flexibility index (Phi) is 9.10. The van der Waals surface area contributed by atoms with Crippen LogP contribution in [0, 0.1) is 17.2 Å². The smallest absolute Gasteiger partial charge is 0.243 e. The van der Waals surface area contributed by atoms with Gasteiger partial charge in [-0.1, -0.05) is 57.5 Å². The Bertz CT molecular complexity index is 758. The predicted molar refractivity (Wildman–Crippen MR) is 104 cm³/mol. The number of carbonyl (C=O) groups is 1. The third-order valence-corrected chi connectivity index (χ3v) is 3.50. The number of rotatable bonds is 6. The zero-order valence-electron chi connectivity index (χ0n) is 15.5. The Hall–Kier alpha value is -2.65. The van der Waals surface area contributed by atoms with Crippen molar-refractivity contribution in [2.45, 2.75) is 34.1 Å². The van der Waals surface area contributed by atoms with Crippen LogP contribution in [0.25, 0.3) is 0 Å². The van der Waals surface area contributed by atoms with Crippen LogP contribution in [-0.2, 0) is 11.2 Å². The molecule has 0 saturated carbocycles. The van der Waals surface area contributed by atoms with Gasteiger partial charge in [0.1, 0.15) is 6.07 Å². The minimum atomic E-state index is -0.208. The monoisotopic (exact) mass is 373 g/mol. The van der Waals surface area contributed by atoms with E-state index in [2.05, 4.69) is 15.4 Å². The first-order chi connectivity index (χ1) is 12.5. The molecule has 138 valence electrons. The van der Waals surface area contributed by atoms with Crippen molar-refractivity contribution in [3.05, 3.63) is 52.9 Å². The molecule has 0 unspecified atom stereocenters. The van der Waals surface area contributed by atoms with E-state index >= 15 is 0 Å². The molecule has 2 rings (SSSR count). The van der Waals surface area contributed by atoms with Crippen molar-refractivity contribution >= 4 is 23.3 Å². The van der Waals surface area contributed by atoms with Gasteiger partial charge in [-0.3, -0.25) is 15.2 Å². The first-order valence-corrected chi connectivity index (χ1v) is 8.91. The van der Waals surface area contributed by atoms with Crippen LogP contribution in [0.5, 0.6) is 0 Å². The maximum atomic E-state index is 12.4. The van der Waals surface area contributed by atoms with Gasteiger partial charge in [-0.2, -0.15) is 10.2 Å². The van der Waals surface area contributed by atoms with Crippen molar-refractivity contribution in [2.24, 2.45) is 5.92 Å². The van der Waals surface area contributed by atoms with Crippen molar-refractivity contribution in [2.75, 3.05) is 11.6 Å². The van der Waals surface area contributed by atoms with Gasteiger partial charge in [0, 0.05) is 23.8 Å². The fraction of sp³-hybridized carbons (Fsp3) is 0.368. The lowest BCUT2D eigenvalue weighted by Crippen LogP contribution is -2.45. The van der Waals surface area contributed by atoms with Gasteiger partial charge in [0.2, 0.25) is 11.7 Å². The van der Waals surface area contributed by atoms with E-state index in [0.29, 0.717) is 17.4 Å². The Morgan fingerprint density at radius 3 is 2.62 bits per heavy atom. The van der Waals surface area contributed by atoms with Crippen LogP contribution in [0.15, 0.2) is 36.5 Å². The number of anilines is 1. The van der Waals surface area contributed by atoms with Crippen molar-refractivity contribution in [1.82, 2.24) is 15.4 Å². The van der Waals surface area contributed by atoms with E-state index in [1.165, 1.54) is 6.20 Å². The van der Waals surface area contributed by atoms with E-state index in [1.54, 1.807) is 17.1 Å². The fourth-order valence-corrected chi connectivity index (χ4v) is 2.32. The summed E-state index contributed by atoms with van der Waals surface area (Å²) in [5, 5.41) is 11.1. The molecule has 0 spiro atoms. The quantitative estimate of drug-likeness (QED) is 0.779. The summed E-state index contributed by atoms with van der Waals surface area (Å²) in [6.07, 6.45) is 1.65. The largest absolute Gasteiger partial charge is 0.273 e. The third kappa shape index (κ3) is 6.69. The van der Waals surface area contributed by atoms with Crippen LogP contribution in [0.3, 0.4) is 0 Å². The van der Waals surface area contributed by atoms with Crippen LogP contribution in [0.2, 0.25) is 5.02 Å². The molecule has 0 saturated heterocycles. The first kappa shape index (κ1) is 21.4. The van der Waals surface area contributed by atoms with E-state index in [9.17, 15) is 4.79 Å². The molecule has 0 aliphatic rings. The number of nitrogens with one attached hydrogen (secondary N) is 1. The van der Waals surface area contributed by atoms with Gasteiger partial charge in [-0.05, 0) is 17.5 Å². The Morgan fingerprint density at radius 1 is 1.31 bits per heavy atom.